The van der Waals surface area contributed by atoms with Crippen molar-refractivity contribution in [1.82, 2.24) is 4.90 Å². The highest BCUT2D eigenvalue weighted by Crippen LogP contribution is 2.35. The zero-order valence-electron chi connectivity index (χ0n) is 15.3. The number of rotatable bonds is 4. The van der Waals surface area contributed by atoms with Gasteiger partial charge >= 0.3 is 5.69 Å². The van der Waals surface area contributed by atoms with Crippen LogP contribution in [0.3, 0.4) is 0 Å². The summed E-state index contributed by atoms with van der Waals surface area (Å²) in [5, 5.41) is 11.7. The molecule has 0 saturated carbocycles. The van der Waals surface area contributed by atoms with E-state index in [4.69, 9.17) is 11.6 Å². The lowest BCUT2D eigenvalue weighted by Gasteiger charge is -2.36. The molecule has 0 atom stereocenters. The Morgan fingerprint density at radius 3 is 2.38 bits per heavy atom. The Balaban J connectivity index is 1.83. The number of hydrogen-bond donors (Lipinski definition) is 0. The maximum absolute atomic E-state index is 14.0. The third-order valence-corrected chi connectivity index (χ3v) is 5.99. The number of anilines is 1. The van der Waals surface area contributed by atoms with Crippen molar-refractivity contribution in [2.45, 2.75) is 4.90 Å². The molecule has 0 unspecified atom stereocenters. The van der Waals surface area contributed by atoms with Crippen LogP contribution >= 0.6 is 11.6 Å². The maximum Gasteiger partial charge on any atom is 0.311 e. The second kappa shape index (κ2) is 7.96. The summed E-state index contributed by atoms with van der Waals surface area (Å²) < 4.78 is 37.9. The number of amides is 1. The smallest absolute Gasteiger partial charge is 0.311 e. The Morgan fingerprint density at radius 1 is 1.17 bits per heavy atom. The molecule has 1 aliphatic heterocycles. The number of nitrogens with zero attached hydrogens (tertiary/aromatic N) is 3. The summed E-state index contributed by atoms with van der Waals surface area (Å²) in [6.07, 6.45) is 0.913. The Labute approximate surface area is 171 Å². The minimum absolute atomic E-state index is 0.104. The van der Waals surface area contributed by atoms with Crippen LogP contribution in [-0.2, 0) is 9.84 Å². The molecule has 1 saturated heterocycles. The first kappa shape index (κ1) is 21.0. The van der Waals surface area contributed by atoms with Crippen molar-refractivity contribution in [2.75, 3.05) is 37.3 Å². The summed E-state index contributed by atoms with van der Waals surface area (Å²) in [5.41, 5.74) is -0.422. The predicted octanol–water partition coefficient (Wildman–Crippen LogP) is 2.75. The highest BCUT2D eigenvalue weighted by Gasteiger charge is 2.31. The fraction of sp³-hybridized carbons (Fsp3) is 0.278. The molecule has 2 aromatic rings. The lowest BCUT2D eigenvalue weighted by atomic mass is 10.1. The van der Waals surface area contributed by atoms with Crippen molar-refractivity contribution >= 4 is 38.7 Å². The van der Waals surface area contributed by atoms with Gasteiger partial charge in [0.15, 0.2) is 9.84 Å². The molecular weight excluding hydrogens is 425 g/mol. The van der Waals surface area contributed by atoms with Crippen molar-refractivity contribution in [3.8, 4) is 0 Å². The number of para-hydroxylation sites is 1. The normalized spacial score (nSPS) is 14.7. The van der Waals surface area contributed by atoms with Crippen molar-refractivity contribution in [3.05, 3.63) is 62.9 Å². The number of hydrogen-bond acceptors (Lipinski definition) is 6. The van der Waals surface area contributed by atoms with Gasteiger partial charge in [-0.1, -0.05) is 17.7 Å². The summed E-state index contributed by atoms with van der Waals surface area (Å²) in [5.74, 6) is -1.22. The molecule has 1 aliphatic rings. The monoisotopic (exact) mass is 441 g/mol. The zero-order chi connectivity index (χ0) is 21.3. The van der Waals surface area contributed by atoms with E-state index in [1.807, 2.05) is 0 Å². The topological polar surface area (TPSA) is 101 Å². The molecule has 1 heterocycles. The molecule has 8 nitrogen and oxygen atoms in total. The molecule has 1 fully saturated rings. The molecule has 2 aromatic carbocycles. The van der Waals surface area contributed by atoms with Crippen molar-refractivity contribution in [2.24, 2.45) is 0 Å². The van der Waals surface area contributed by atoms with Gasteiger partial charge in [-0.3, -0.25) is 14.9 Å². The summed E-state index contributed by atoms with van der Waals surface area (Å²) >= 11 is 5.71. The molecule has 154 valence electrons. The second-order valence-corrected chi connectivity index (χ2v) is 8.98. The van der Waals surface area contributed by atoms with Crippen LogP contribution in [0.4, 0.5) is 15.8 Å². The molecule has 1 amide bonds. The number of carbonyl (C=O) groups is 1. The maximum atomic E-state index is 14.0. The summed E-state index contributed by atoms with van der Waals surface area (Å²) in [7, 11) is -3.79. The number of carbonyl (C=O) groups excluding carboxylic acids is 1. The van der Waals surface area contributed by atoms with Gasteiger partial charge in [0.25, 0.3) is 5.91 Å². The van der Waals surface area contributed by atoms with Gasteiger partial charge in [0.05, 0.1) is 10.5 Å². The second-order valence-electron chi connectivity index (χ2n) is 6.56. The molecule has 3 rings (SSSR count). The van der Waals surface area contributed by atoms with Gasteiger partial charge in [0.1, 0.15) is 16.4 Å². The molecule has 0 radical (unpaired) electrons. The SMILES string of the molecule is CS(=O)(=O)c1cccc(N2CCN(C(=O)c3ccc(Cl)cc3F)CC2)c1[N+](=O)[O-]. The first-order valence-electron chi connectivity index (χ1n) is 8.56. The number of benzene rings is 2. The summed E-state index contributed by atoms with van der Waals surface area (Å²) in [6.45, 7) is 0.853. The van der Waals surface area contributed by atoms with Crippen molar-refractivity contribution in [3.63, 3.8) is 0 Å². The number of sulfone groups is 1. The van der Waals surface area contributed by atoms with Gasteiger partial charge in [0, 0.05) is 37.5 Å². The third-order valence-electron chi connectivity index (χ3n) is 4.63. The van der Waals surface area contributed by atoms with Crippen molar-refractivity contribution < 1.29 is 22.5 Å². The van der Waals surface area contributed by atoms with Gasteiger partial charge in [-0.25, -0.2) is 12.8 Å². The Kier molecular flexibility index (Phi) is 5.76. The van der Waals surface area contributed by atoms with E-state index >= 15 is 0 Å². The van der Waals surface area contributed by atoms with Crippen molar-refractivity contribution in [1.29, 1.82) is 0 Å². The van der Waals surface area contributed by atoms with E-state index < -0.39 is 32.2 Å². The van der Waals surface area contributed by atoms with Crippen LogP contribution < -0.4 is 4.90 Å². The van der Waals surface area contributed by atoms with E-state index in [0.717, 1.165) is 12.3 Å². The lowest BCUT2D eigenvalue weighted by molar-refractivity contribution is -0.387. The molecule has 0 N–H and O–H groups in total. The predicted molar refractivity (Wildman–Crippen MR) is 106 cm³/mol. The van der Waals surface area contributed by atoms with E-state index in [1.54, 1.807) is 4.90 Å². The van der Waals surface area contributed by atoms with Crippen LogP contribution in [-0.4, -0.2) is 56.6 Å². The highest BCUT2D eigenvalue weighted by molar-refractivity contribution is 7.90. The number of nitro benzene ring substituents is 1. The first-order valence-corrected chi connectivity index (χ1v) is 10.8. The number of halogens is 2. The fourth-order valence-electron chi connectivity index (χ4n) is 3.23. The summed E-state index contributed by atoms with van der Waals surface area (Å²) in [4.78, 5) is 26.1. The fourth-order valence-corrected chi connectivity index (χ4v) is 4.25. The van der Waals surface area contributed by atoms with Gasteiger partial charge in [0.2, 0.25) is 0 Å². The molecule has 29 heavy (non-hydrogen) atoms. The largest absolute Gasteiger partial charge is 0.362 e. The van der Waals surface area contributed by atoms with Gasteiger partial charge < -0.3 is 9.80 Å². The van der Waals surface area contributed by atoms with E-state index in [9.17, 15) is 27.7 Å². The molecular formula is C18H17ClFN3O5S. The van der Waals surface area contributed by atoms with Crippen LogP contribution in [0.1, 0.15) is 10.4 Å². The molecule has 11 heteroatoms. The average molecular weight is 442 g/mol. The molecule has 0 spiro atoms. The Bertz CT molecular complexity index is 1080. The summed E-state index contributed by atoms with van der Waals surface area (Å²) in [6, 6.07) is 7.91. The quantitative estimate of drug-likeness (QED) is 0.534. The minimum atomic E-state index is -3.79. The standard InChI is InChI=1S/C18H17ClFN3O5S/c1-29(27,28)16-4-2-3-15(17(16)23(25)26)21-7-9-22(10-8-21)18(24)13-6-5-12(19)11-14(13)20/h2-6,11H,7-10H2,1H3. The lowest BCUT2D eigenvalue weighted by Crippen LogP contribution is -2.49. The molecule has 0 aliphatic carbocycles. The Hall–Kier alpha value is -2.72. The first-order chi connectivity index (χ1) is 13.6. The van der Waals surface area contributed by atoms with Crippen LogP contribution in [0.2, 0.25) is 5.02 Å². The Morgan fingerprint density at radius 2 is 1.83 bits per heavy atom. The molecule has 0 aromatic heterocycles. The number of piperazine rings is 1. The van der Waals surface area contributed by atoms with Gasteiger partial charge in [-0.2, -0.15) is 0 Å². The van der Waals surface area contributed by atoms with Gasteiger partial charge in [-0.05, 0) is 30.3 Å². The minimum Gasteiger partial charge on any atom is -0.362 e. The van der Waals surface area contributed by atoms with E-state index in [2.05, 4.69) is 0 Å². The average Bonchev–Trinajstić information content (AvgIpc) is 2.66. The van der Waals surface area contributed by atoms with Crippen LogP contribution in [0, 0.1) is 15.9 Å². The highest BCUT2D eigenvalue weighted by atomic mass is 35.5. The van der Waals surface area contributed by atoms with Crippen LogP contribution in [0.15, 0.2) is 41.3 Å². The van der Waals surface area contributed by atoms with E-state index in [-0.39, 0.29) is 47.3 Å². The van der Waals surface area contributed by atoms with E-state index in [0.29, 0.717) is 0 Å². The van der Waals surface area contributed by atoms with Gasteiger partial charge in [-0.15, -0.1) is 0 Å². The number of nitro groups is 1. The third kappa shape index (κ3) is 4.33. The van der Waals surface area contributed by atoms with Crippen LogP contribution in [0.25, 0.3) is 0 Å². The molecule has 0 bridgehead atoms. The zero-order valence-corrected chi connectivity index (χ0v) is 16.9. The van der Waals surface area contributed by atoms with Crippen LogP contribution in [0.5, 0.6) is 0 Å². The van der Waals surface area contributed by atoms with E-state index in [1.165, 1.54) is 35.2 Å².